The zero-order valence-corrected chi connectivity index (χ0v) is 15.6. The third kappa shape index (κ3) is 6.55. The van der Waals surface area contributed by atoms with Crippen molar-refractivity contribution >= 4 is 0 Å². The molecule has 2 atom stereocenters. The first-order valence-electron chi connectivity index (χ1n) is 8.61. The molecular weight excluding hydrogens is 264 g/mol. The lowest BCUT2D eigenvalue weighted by atomic mass is 9.60. The van der Waals surface area contributed by atoms with Crippen molar-refractivity contribution in [2.24, 2.45) is 16.7 Å². The maximum atomic E-state index is 2.46. The molecule has 0 radical (unpaired) electrons. The maximum absolute atomic E-state index is 2.46. The van der Waals surface area contributed by atoms with E-state index in [0.29, 0.717) is 10.8 Å². The van der Waals surface area contributed by atoms with E-state index in [1.807, 2.05) is 0 Å². The molecule has 0 N–H and O–H groups in total. The molecule has 1 aromatic rings. The molecule has 2 unspecified atom stereocenters. The van der Waals surface area contributed by atoms with Crippen LogP contribution in [0.4, 0.5) is 0 Å². The highest BCUT2D eigenvalue weighted by Gasteiger charge is 2.38. The summed E-state index contributed by atoms with van der Waals surface area (Å²) in [5.74, 6) is 0.929. The molecule has 0 saturated heterocycles. The molecule has 0 bridgehead atoms. The Bertz CT molecular complexity index is 455. The summed E-state index contributed by atoms with van der Waals surface area (Å²) >= 11 is 0. The first-order chi connectivity index (χ1) is 9.57. The number of hydrogen-bond acceptors (Lipinski definition) is 0. The van der Waals surface area contributed by atoms with E-state index >= 15 is 0 Å². The molecule has 0 aromatic heterocycles. The monoisotopic (exact) mass is 304 g/mol. The van der Waals surface area contributed by atoms with Gasteiger partial charge in [-0.25, -0.2) is 0 Å². The van der Waals surface area contributed by atoms with Crippen LogP contribution in [0.2, 0.25) is 0 Å². The molecule has 1 aromatic carbocycles. The quantitative estimate of drug-likeness (QED) is 0.504. The molecule has 22 heavy (non-hydrogen) atoms. The first kappa shape index (κ1) is 21.2. The summed E-state index contributed by atoms with van der Waals surface area (Å²) in [7, 11) is 0. The van der Waals surface area contributed by atoms with Crippen molar-refractivity contribution in [3.8, 4) is 0 Å². The minimum atomic E-state index is 0. The van der Waals surface area contributed by atoms with Crippen LogP contribution >= 0.6 is 0 Å². The Morgan fingerprint density at radius 2 is 1.59 bits per heavy atom. The molecule has 128 valence electrons. The highest BCUT2D eigenvalue weighted by atomic mass is 14.4. The fourth-order valence-corrected chi connectivity index (χ4v) is 4.32. The van der Waals surface area contributed by atoms with E-state index < -0.39 is 0 Å². The van der Waals surface area contributed by atoms with E-state index in [1.54, 1.807) is 0 Å². The van der Waals surface area contributed by atoms with Crippen LogP contribution in [0.25, 0.3) is 0 Å². The molecule has 1 aliphatic rings. The fraction of sp³-hybridized carbons (Fsp3) is 0.727. The van der Waals surface area contributed by atoms with Gasteiger partial charge in [0.1, 0.15) is 0 Å². The highest BCUT2D eigenvalue weighted by molar-refractivity contribution is 5.28. The van der Waals surface area contributed by atoms with Gasteiger partial charge in [-0.3, -0.25) is 0 Å². The largest absolute Gasteiger partial charge is 0.0776 e. The third-order valence-electron chi connectivity index (χ3n) is 5.16. The predicted octanol–water partition coefficient (Wildman–Crippen LogP) is 7.50. The molecule has 0 amide bonds. The van der Waals surface area contributed by atoms with Gasteiger partial charge in [0.15, 0.2) is 0 Å². The Kier molecular flexibility index (Phi) is 7.89. The van der Waals surface area contributed by atoms with E-state index in [1.165, 1.54) is 42.4 Å². The lowest BCUT2D eigenvalue weighted by Gasteiger charge is -2.45. The van der Waals surface area contributed by atoms with E-state index in [9.17, 15) is 0 Å². The molecule has 0 heteroatoms. The van der Waals surface area contributed by atoms with Gasteiger partial charge in [-0.05, 0) is 67.9 Å². The van der Waals surface area contributed by atoms with Gasteiger partial charge in [0.25, 0.3) is 0 Å². The van der Waals surface area contributed by atoms with Crippen LogP contribution in [0.1, 0.15) is 84.4 Å². The summed E-state index contributed by atoms with van der Waals surface area (Å²) in [5, 5.41) is 0. The average molecular weight is 305 g/mol. The molecule has 2 rings (SSSR count). The van der Waals surface area contributed by atoms with E-state index in [2.05, 4.69) is 73.6 Å². The van der Waals surface area contributed by atoms with Gasteiger partial charge >= 0.3 is 0 Å². The smallest absolute Gasteiger partial charge is 0.0321 e. The molecule has 0 spiro atoms. The zero-order chi connectivity index (χ0) is 16.3. The normalized spacial score (nSPS) is 26.5. The van der Waals surface area contributed by atoms with Gasteiger partial charge in [0.2, 0.25) is 0 Å². The van der Waals surface area contributed by atoms with E-state index in [0.717, 1.165) is 5.92 Å². The summed E-state index contributed by atoms with van der Waals surface area (Å²) in [6.45, 7) is 18.5. The lowest BCUT2D eigenvalue weighted by molar-refractivity contribution is 0.0582. The summed E-state index contributed by atoms with van der Waals surface area (Å²) in [6, 6.07) is 6.50. The molecule has 1 aliphatic carbocycles. The minimum Gasteiger partial charge on any atom is -0.0776 e. The fourth-order valence-electron chi connectivity index (χ4n) is 4.32. The zero-order valence-electron chi connectivity index (χ0n) is 15.6. The van der Waals surface area contributed by atoms with Gasteiger partial charge in [-0.15, -0.1) is 0 Å². The second-order valence-corrected chi connectivity index (χ2v) is 8.61. The van der Waals surface area contributed by atoms with Gasteiger partial charge < -0.3 is 0 Å². The number of benzene rings is 1. The Morgan fingerprint density at radius 3 is 2.00 bits per heavy atom. The van der Waals surface area contributed by atoms with Gasteiger partial charge in [0.05, 0.1) is 0 Å². The number of hydrogen-bond donors (Lipinski definition) is 0. The predicted molar refractivity (Wildman–Crippen MR) is 103 cm³/mol. The summed E-state index contributed by atoms with van der Waals surface area (Å²) < 4.78 is 0. The molecule has 1 saturated carbocycles. The van der Waals surface area contributed by atoms with Crippen molar-refractivity contribution in [2.45, 2.75) is 88.5 Å². The Labute approximate surface area is 140 Å². The highest BCUT2D eigenvalue weighted by Crippen LogP contribution is 2.49. The van der Waals surface area contributed by atoms with Crippen LogP contribution in [0.15, 0.2) is 18.2 Å². The van der Waals surface area contributed by atoms with Crippen molar-refractivity contribution in [1.82, 2.24) is 0 Å². The summed E-state index contributed by atoms with van der Waals surface area (Å²) in [6.07, 6.45) is 5.62. The summed E-state index contributed by atoms with van der Waals surface area (Å²) in [4.78, 5) is 0. The Hall–Kier alpha value is -0.780. The van der Waals surface area contributed by atoms with Crippen molar-refractivity contribution in [1.29, 1.82) is 0 Å². The van der Waals surface area contributed by atoms with Gasteiger partial charge in [-0.2, -0.15) is 0 Å². The van der Waals surface area contributed by atoms with Crippen LogP contribution in [0.3, 0.4) is 0 Å². The van der Waals surface area contributed by atoms with Crippen LogP contribution in [-0.2, 0) is 0 Å². The lowest BCUT2D eigenvalue weighted by Crippen LogP contribution is -2.34. The third-order valence-corrected chi connectivity index (χ3v) is 5.16. The molecule has 1 fully saturated rings. The van der Waals surface area contributed by atoms with Crippen molar-refractivity contribution < 1.29 is 0 Å². The molecule has 0 heterocycles. The first-order valence-corrected chi connectivity index (χ1v) is 8.61. The summed E-state index contributed by atoms with van der Waals surface area (Å²) in [5.41, 5.74) is 5.32. The van der Waals surface area contributed by atoms with Crippen LogP contribution in [0, 0.1) is 37.5 Å². The molecule has 0 nitrogen and oxygen atoms in total. The number of rotatable bonds is 1. The molecule has 0 aliphatic heterocycles. The van der Waals surface area contributed by atoms with Crippen molar-refractivity contribution in [2.75, 3.05) is 0 Å². The average Bonchev–Trinajstić information content (AvgIpc) is 2.32. The van der Waals surface area contributed by atoms with Gasteiger partial charge in [-0.1, -0.05) is 72.2 Å². The van der Waals surface area contributed by atoms with Crippen molar-refractivity contribution in [3.63, 3.8) is 0 Å². The van der Waals surface area contributed by atoms with Crippen LogP contribution in [0.5, 0.6) is 0 Å². The Morgan fingerprint density at radius 1 is 1.00 bits per heavy atom. The second kappa shape index (κ2) is 8.18. The minimum absolute atomic E-state index is 0. The van der Waals surface area contributed by atoms with Crippen LogP contribution < -0.4 is 0 Å². The van der Waals surface area contributed by atoms with Crippen molar-refractivity contribution in [3.05, 3.63) is 34.9 Å². The van der Waals surface area contributed by atoms with Gasteiger partial charge in [0, 0.05) is 0 Å². The number of aryl methyl sites for hydroxylation is 3. The maximum Gasteiger partial charge on any atom is -0.0321 e. The van der Waals surface area contributed by atoms with Crippen LogP contribution in [-0.4, -0.2) is 0 Å². The van der Waals surface area contributed by atoms with E-state index in [-0.39, 0.29) is 7.43 Å². The Balaban J connectivity index is 0.000000397. The molecular formula is C22H40. The standard InChI is InChI=1S/C12H24.C9H12.CH4/c1-6-12(5)8-10(2)7-11(3,4)9-12;1-7-4-5-8(2)9(3)6-7;/h10H,6-9H2,1-5H3;4-6H,1-3H3;1H4. The van der Waals surface area contributed by atoms with E-state index in [4.69, 9.17) is 0 Å². The second-order valence-electron chi connectivity index (χ2n) is 8.61. The SMILES string of the molecule is C.CCC1(C)CC(C)CC(C)(C)C1.Cc1ccc(C)c(C)c1. The topological polar surface area (TPSA) is 0 Å².